The predicted molar refractivity (Wildman–Crippen MR) is 54.8 cm³/mol. The first-order valence-corrected chi connectivity index (χ1v) is 5.02. The summed E-state index contributed by atoms with van der Waals surface area (Å²) in [6.45, 7) is 3.81. The molecule has 0 aliphatic rings. The average molecular weight is 213 g/mol. The molecular weight excluding hydrogens is 202 g/mol. The van der Waals surface area contributed by atoms with E-state index in [0.29, 0.717) is 17.4 Å². The molecule has 2 N–H and O–H groups in total. The van der Waals surface area contributed by atoms with Crippen LogP contribution in [0.25, 0.3) is 0 Å². The number of Topliss-reactive ketones (excluding diaryl/α,β-unsaturated/α-hetero) is 1. The summed E-state index contributed by atoms with van der Waals surface area (Å²) in [5.41, 5.74) is 0.377. The molecule has 1 aromatic rings. The van der Waals surface area contributed by atoms with Crippen LogP contribution < -0.4 is 10.6 Å². The first-order valence-electron chi connectivity index (χ1n) is 4.14. The van der Waals surface area contributed by atoms with Crippen molar-refractivity contribution >= 4 is 28.3 Å². The Hall–Kier alpha value is -1.43. The number of nitrogens with zero attached hydrogens (tertiary/aromatic N) is 1. The summed E-state index contributed by atoms with van der Waals surface area (Å²) in [6.07, 6.45) is 0. The first-order chi connectivity index (χ1) is 6.63. The number of nitrogens with one attached hydrogen (secondary N) is 2. The fourth-order valence-electron chi connectivity index (χ4n) is 0.795. The highest BCUT2D eigenvalue weighted by Gasteiger charge is 2.07. The zero-order valence-electron chi connectivity index (χ0n) is 7.96. The molecule has 1 rings (SSSR count). The van der Waals surface area contributed by atoms with Gasteiger partial charge in [0.05, 0.1) is 0 Å². The quantitative estimate of drug-likeness (QED) is 0.747. The maximum atomic E-state index is 11.1. The molecule has 2 amide bonds. The molecule has 5 nitrogen and oxygen atoms in total. The van der Waals surface area contributed by atoms with Gasteiger partial charge in [0.15, 0.2) is 10.9 Å². The minimum atomic E-state index is -0.308. The second-order valence-electron chi connectivity index (χ2n) is 2.58. The second kappa shape index (κ2) is 4.71. The Labute approximate surface area is 85.5 Å². The molecule has 1 heterocycles. The topological polar surface area (TPSA) is 71.1 Å². The van der Waals surface area contributed by atoms with Crippen molar-refractivity contribution in [3.05, 3.63) is 11.1 Å². The van der Waals surface area contributed by atoms with Gasteiger partial charge in [0.1, 0.15) is 5.69 Å². The molecule has 0 radical (unpaired) electrons. The number of anilines is 1. The van der Waals surface area contributed by atoms with Gasteiger partial charge in [0.25, 0.3) is 0 Å². The van der Waals surface area contributed by atoms with Crippen molar-refractivity contribution in [1.29, 1.82) is 0 Å². The van der Waals surface area contributed by atoms with E-state index in [-0.39, 0.29) is 11.8 Å². The van der Waals surface area contributed by atoms with Crippen molar-refractivity contribution in [2.45, 2.75) is 13.8 Å². The molecular formula is C8H11N3O2S. The second-order valence-corrected chi connectivity index (χ2v) is 3.44. The molecule has 0 aliphatic carbocycles. The van der Waals surface area contributed by atoms with Gasteiger partial charge >= 0.3 is 6.03 Å². The van der Waals surface area contributed by atoms with Crippen LogP contribution in [0.1, 0.15) is 24.3 Å². The molecule has 76 valence electrons. The summed E-state index contributed by atoms with van der Waals surface area (Å²) in [6, 6.07) is -0.308. The molecule has 0 aromatic carbocycles. The number of rotatable bonds is 3. The van der Waals surface area contributed by atoms with Gasteiger partial charge in [-0.3, -0.25) is 10.1 Å². The average Bonchev–Trinajstić information content (AvgIpc) is 2.53. The van der Waals surface area contributed by atoms with Crippen LogP contribution in [0.15, 0.2) is 5.38 Å². The standard InChI is InChI=1S/C8H11N3O2S/c1-3-9-7(13)11-8-10-6(4-14-8)5(2)12/h4H,3H2,1-2H3,(H2,9,10,11,13). The first kappa shape index (κ1) is 10.6. The van der Waals surface area contributed by atoms with Crippen LogP contribution >= 0.6 is 11.3 Å². The number of hydrogen-bond acceptors (Lipinski definition) is 4. The number of amides is 2. The Morgan fingerprint density at radius 3 is 2.79 bits per heavy atom. The third-order valence-corrected chi connectivity index (χ3v) is 2.18. The zero-order chi connectivity index (χ0) is 10.6. The summed E-state index contributed by atoms with van der Waals surface area (Å²) < 4.78 is 0. The van der Waals surface area contributed by atoms with Crippen molar-refractivity contribution < 1.29 is 9.59 Å². The van der Waals surface area contributed by atoms with E-state index in [0.717, 1.165) is 0 Å². The Bertz CT molecular complexity index is 348. The number of hydrogen-bond donors (Lipinski definition) is 2. The maximum Gasteiger partial charge on any atom is 0.321 e. The van der Waals surface area contributed by atoms with Crippen molar-refractivity contribution in [2.75, 3.05) is 11.9 Å². The van der Waals surface area contributed by atoms with Gasteiger partial charge in [-0.25, -0.2) is 9.78 Å². The predicted octanol–water partition coefficient (Wildman–Crippen LogP) is 1.49. The number of carbonyl (C=O) groups is 2. The van der Waals surface area contributed by atoms with Gasteiger partial charge in [0, 0.05) is 18.8 Å². The summed E-state index contributed by atoms with van der Waals surface area (Å²) >= 11 is 1.23. The fourth-order valence-corrected chi connectivity index (χ4v) is 1.54. The third-order valence-electron chi connectivity index (χ3n) is 1.42. The molecule has 0 fully saturated rings. The minimum absolute atomic E-state index is 0.106. The molecule has 1 aromatic heterocycles. The number of carbonyl (C=O) groups excluding carboxylic acids is 2. The van der Waals surface area contributed by atoms with E-state index in [2.05, 4.69) is 15.6 Å². The zero-order valence-corrected chi connectivity index (χ0v) is 8.77. The van der Waals surface area contributed by atoms with Crippen LogP contribution in [0.5, 0.6) is 0 Å². The highest BCUT2D eigenvalue weighted by atomic mass is 32.1. The van der Waals surface area contributed by atoms with Crippen LogP contribution in [0.2, 0.25) is 0 Å². The monoisotopic (exact) mass is 213 g/mol. The van der Waals surface area contributed by atoms with E-state index < -0.39 is 0 Å². The van der Waals surface area contributed by atoms with Gasteiger partial charge < -0.3 is 5.32 Å². The normalized spacial score (nSPS) is 9.57. The van der Waals surface area contributed by atoms with Crippen LogP contribution in [-0.2, 0) is 0 Å². The lowest BCUT2D eigenvalue weighted by Gasteiger charge is -2.00. The number of thiazole rings is 1. The van der Waals surface area contributed by atoms with Crippen molar-refractivity contribution in [3.8, 4) is 0 Å². The fraction of sp³-hybridized carbons (Fsp3) is 0.375. The Kier molecular flexibility index (Phi) is 3.58. The molecule has 0 spiro atoms. The summed E-state index contributed by atoms with van der Waals surface area (Å²) in [5.74, 6) is -0.106. The lowest BCUT2D eigenvalue weighted by atomic mass is 10.4. The number of urea groups is 1. The van der Waals surface area contributed by atoms with Gasteiger partial charge in [-0.2, -0.15) is 0 Å². The lowest BCUT2D eigenvalue weighted by molar-refractivity contribution is 0.101. The molecule has 0 aliphatic heterocycles. The third kappa shape index (κ3) is 2.81. The Balaban J connectivity index is 2.59. The molecule has 14 heavy (non-hydrogen) atoms. The minimum Gasteiger partial charge on any atom is -0.338 e. The summed E-state index contributed by atoms with van der Waals surface area (Å²) in [4.78, 5) is 25.9. The molecule has 0 unspecified atom stereocenters. The molecule has 0 atom stereocenters. The highest BCUT2D eigenvalue weighted by Crippen LogP contribution is 2.15. The summed E-state index contributed by atoms with van der Waals surface area (Å²) in [7, 11) is 0. The van der Waals surface area contributed by atoms with Crippen LogP contribution in [-0.4, -0.2) is 23.3 Å². The van der Waals surface area contributed by atoms with Crippen molar-refractivity contribution in [2.24, 2.45) is 0 Å². The van der Waals surface area contributed by atoms with E-state index in [4.69, 9.17) is 0 Å². The van der Waals surface area contributed by atoms with Gasteiger partial charge in [-0.05, 0) is 6.92 Å². The van der Waals surface area contributed by atoms with Crippen molar-refractivity contribution in [1.82, 2.24) is 10.3 Å². The van der Waals surface area contributed by atoms with Crippen LogP contribution in [0, 0.1) is 0 Å². The maximum absolute atomic E-state index is 11.1. The molecule has 0 bridgehead atoms. The molecule has 0 saturated heterocycles. The van der Waals surface area contributed by atoms with Gasteiger partial charge in [-0.15, -0.1) is 11.3 Å². The van der Waals surface area contributed by atoms with Gasteiger partial charge in [-0.1, -0.05) is 0 Å². The van der Waals surface area contributed by atoms with E-state index in [1.165, 1.54) is 18.3 Å². The smallest absolute Gasteiger partial charge is 0.321 e. The highest BCUT2D eigenvalue weighted by molar-refractivity contribution is 7.14. The molecule has 0 saturated carbocycles. The van der Waals surface area contributed by atoms with Gasteiger partial charge in [0.2, 0.25) is 0 Å². The van der Waals surface area contributed by atoms with Crippen molar-refractivity contribution in [3.63, 3.8) is 0 Å². The summed E-state index contributed by atoms with van der Waals surface area (Å²) in [5, 5.41) is 7.13. The lowest BCUT2D eigenvalue weighted by Crippen LogP contribution is -2.28. The van der Waals surface area contributed by atoms with Crippen LogP contribution in [0.4, 0.5) is 9.93 Å². The number of ketones is 1. The van der Waals surface area contributed by atoms with E-state index >= 15 is 0 Å². The van der Waals surface area contributed by atoms with E-state index in [1.807, 2.05) is 6.92 Å². The Morgan fingerprint density at radius 1 is 1.57 bits per heavy atom. The SMILES string of the molecule is CCNC(=O)Nc1nc(C(C)=O)cs1. The Morgan fingerprint density at radius 2 is 2.29 bits per heavy atom. The van der Waals surface area contributed by atoms with E-state index in [9.17, 15) is 9.59 Å². The van der Waals surface area contributed by atoms with Crippen LogP contribution in [0.3, 0.4) is 0 Å². The number of aromatic nitrogens is 1. The molecule has 6 heteroatoms. The largest absolute Gasteiger partial charge is 0.338 e. The van der Waals surface area contributed by atoms with E-state index in [1.54, 1.807) is 5.38 Å².